The highest BCUT2D eigenvalue weighted by Crippen LogP contribution is 2.37. The summed E-state index contributed by atoms with van der Waals surface area (Å²) in [5, 5.41) is 3.14. The Morgan fingerprint density at radius 2 is 1.63 bits per heavy atom. The average Bonchev–Trinajstić information content (AvgIpc) is 2.80. The SMILES string of the molecule is CS(=O)(=O)N(Cc1ccc(C(=O)NCCOc2ccccc2Cl)cc1)c1ccccc1C(F)(F)F. The third kappa shape index (κ3) is 7.12. The number of benzene rings is 3. The lowest BCUT2D eigenvalue weighted by molar-refractivity contribution is -0.137. The number of hydrogen-bond donors (Lipinski definition) is 1. The third-order valence-corrected chi connectivity index (χ3v) is 6.34. The standard InChI is InChI=1S/C24H22ClF3N2O4S/c1-35(32,33)30(21-8-4-2-6-19(21)24(26,27)28)16-17-10-12-18(13-11-17)23(31)29-14-15-34-22-9-5-3-7-20(22)25/h2-13H,14-16H2,1H3,(H,29,31). The number of carbonyl (C=O) groups is 1. The van der Waals surface area contributed by atoms with Crippen molar-refractivity contribution in [2.75, 3.05) is 23.7 Å². The van der Waals surface area contributed by atoms with Crippen molar-refractivity contribution in [1.82, 2.24) is 5.32 Å². The number of para-hydroxylation sites is 2. The van der Waals surface area contributed by atoms with E-state index in [1.807, 2.05) is 0 Å². The highest BCUT2D eigenvalue weighted by Gasteiger charge is 2.36. The summed E-state index contributed by atoms with van der Waals surface area (Å²) in [6.07, 6.45) is -3.89. The molecule has 0 radical (unpaired) electrons. The molecule has 0 aromatic heterocycles. The number of hydrogen-bond acceptors (Lipinski definition) is 4. The summed E-state index contributed by atoms with van der Waals surface area (Å²) in [6.45, 7) is 0.0664. The molecule has 0 atom stereocenters. The van der Waals surface area contributed by atoms with Gasteiger partial charge in [-0.15, -0.1) is 0 Å². The van der Waals surface area contributed by atoms with Gasteiger partial charge in [0, 0.05) is 5.56 Å². The summed E-state index contributed by atoms with van der Waals surface area (Å²) in [4.78, 5) is 12.4. The molecule has 0 aliphatic rings. The normalized spacial score (nSPS) is 11.7. The predicted molar refractivity (Wildman–Crippen MR) is 128 cm³/mol. The first-order valence-electron chi connectivity index (χ1n) is 10.4. The fourth-order valence-corrected chi connectivity index (χ4v) is 4.32. The number of halogens is 4. The maximum Gasteiger partial charge on any atom is 0.418 e. The lowest BCUT2D eigenvalue weighted by Crippen LogP contribution is -2.31. The van der Waals surface area contributed by atoms with Crippen LogP contribution in [-0.4, -0.2) is 33.7 Å². The van der Waals surface area contributed by atoms with Gasteiger partial charge in [-0.1, -0.05) is 48.0 Å². The average molecular weight is 527 g/mol. The molecule has 1 amide bonds. The molecule has 0 heterocycles. The minimum atomic E-state index is -4.73. The molecule has 3 rings (SSSR count). The van der Waals surface area contributed by atoms with Crippen LogP contribution in [0.15, 0.2) is 72.8 Å². The molecule has 11 heteroatoms. The number of sulfonamides is 1. The van der Waals surface area contributed by atoms with Gasteiger partial charge in [0.2, 0.25) is 10.0 Å². The van der Waals surface area contributed by atoms with Crippen LogP contribution in [0, 0.1) is 0 Å². The van der Waals surface area contributed by atoms with Crippen LogP contribution >= 0.6 is 11.6 Å². The summed E-state index contributed by atoms with van der Waals surface area (Å²) in [5.74, 6) is 0.108. The second-order valence-corrected chi connectivity index (χ2v) is 9.83. The molecule has 0 saturated carbocycles. The topological polar surface area (TPSA) is 75.7 Å². The fraction of sp³-hybridized carbons (Fsp3) is 0.208. The molecule has 3 aromatic rings. The molecule has 0 aliphatic carbocycles. The second kappa shape index (κ2) is 11.0. The molecule has 35 heavy (non-hydrogen) atoms. The van der Waals surface area contributed by atoms with Crippen LogP contribution in [0.2, 0.25) is 5.02 Å². The summed E-state index contributed by atoms with van der Waals surface area (Å²) < 4.78 is 71.2. The first-order valence-corrected chi connectivity index (χ1v) is 12.6. The quantitative estimate of drug-likeness (QED) is 0.392. The fourth-order valence-electron chi connectivity index (χ4n) is 3.23. The summed E-state index contributed by atoms with van der Waals surface area (Å²) in [6, 6.07) is 17.3. The van der Waals surface area contributed by atoms with Gasteiger partial charge in [0.25, 0.3) is 5.91 Å². The number of alkyl halides is 3. The van der Waals surface area contributed by atoms with Crippen LogP contribution in [0.3, 0.4) is 0 Å². The Kier molecular flexibility index (Phi) is 8.29. The minimum absolute atomic E-state index is 0.190. The van der Waals surface area contributed by atoms with Gasteiger partial charge in [-0.2, -0.15) is 13.2 Å². The Balaban J connectivity index is 1.66. The number of ether oxygens (including phenoxy) is 1. The maximum absolute atomic E-state index is 13.4. The Morgan fingerprint density at radius 3 is 2.26 bits per heavy atom. The van der Waals surface area contributed by atoms with Gasteiger partial charge < -0.3 is 10.1 Å². The van der Waals surface area contributed by atoms with Gasteiger partial charge in [-0.25, -0.2) is 8.42 Å². The predicted octanol–water partition coefficient (Wildman–Crippen LogP) is 5.13. The van der Waals surface area contributed by atoms with Crippen LogP contribution in [0.1, 0.15) is 21.5 Å². The number of nitrogens with one attached hydrogen (secondary N) is 1. The number of anilines is 1. The van der Waals surface area contributed by atoms with Gasteiger partial charge in [0.05, 0.1) is 35.6 Å². The van der Waals surface area contributed by atoms with Crippen molar-refractivity contribution in [2.24, 2.45) is 0 Å². The van der Waals surface area contributed by atoms with Gasteiger partial charge in [-0.3, -0.25) is 9.10 Å². The number of carbonyl (C=O) groups excluding carboxylic acids is 1. The summed E-state index contributed by atoms with van der Waals surface area (Å²) >= 11 is 6.00. The summed E-state index contributed by atoms with van der Waals surface area (Å²) in [5.41, 5.74) is -0.817. The number of nitrogens with zero attached hydrogens (tertiary/aromatic N) is 1. The van der Waals surface area contributed by atoms with Crippen LogP contribution in [0.5, 0.6) is 5.75 Å². The molecule has 186 valence electrons. The van der Waals surface area contributed by atoms with Crippen LogP contribution in [-0.2, 0) is 22.7 Å². The molecule has 0 spiro atoms. The van der Waals surface area contributed by atoms with Gasteiger partial charge in [-0.05, 0) is 42.0 Å². The van der Waals surface area contributed by atoms with Gasteiger partial charge in [0.1, 0.15) is 12.4 Å². The molecule has 0 saturated heterocycles. The third-order valence-electron chi connectivity index (χ3n) is 4.90. The molecule has 1 N–H and O–H groups in total. The van der Waals surface area contributed by atoms with E-state index in [4.69, 9.17) is 16.3 Å². The Labute approximate surface area is 206 Å². The Bertz CT molecular complexity index is 1280. The van der Waals surface area contributed by atoms with E-state index in [1.54, 1.807) is 24.3 Å². The van der Waals surface area contributed by atoms with E-state index in [9.17, 15) is 26.4 Å². The van der Waals surface area contributed by atoms with Gasteiger partial charge in [0.15, 0.2) is 0 Å². The maximum atomic E-state index is 13.4. The van der Waals surface area contributed by atoms with E-state index in [0.717, 1.165) is 18.4 Å². The lowest BCUT2D eigenvalue weighted by atomic mass is 10.1. The van der Waals surface area contributed by atoms with Crippen molar-refractivity contribution in [3.05, 3.63) is 94.5 Å². The minimum Gasteiger partial charge on any atom is -0.490 e. The van der Waals surface area contributed by atoms with Crippen LogP contribution < -0.4 is 14.4 Å². The van der Waals surface area contributed by atoms with Crippen LogP contribution in [0.25, 0.3) is 0 Å². The molecule has 0 fully saturated rings. The Hall–Kier alpha value is -3.24. The van der Waals surface area contributed by atoms with Crippen molar-refractivity contribution < 1.29 is 31.1 Å². The van der Waals surface area contributed by atoms with E-state index < -0.39 is 27.5 Å². The largest absolute Gasteiger partial charge is 0.490 e. The van der Waals surface area contributed by atoms with Crippen molar-refractivity contribution in [1.29, 1.82) is 0 Å². The summed E-state index contributed by atoms with van der Waals surface area (Å²) in [7, 11) is -4.04. The van der Waals surface area contributed by atoms with E-state index in [2.05, 4.69) is 5.32 Å². The van der Waals surface area contributed by atoms with Crippen LogP contribution in [0.4, 0.5) is 18.9 Å². The van der Waals surface area contributed by atoms with Crippen molar-refractivity contribution in [3.8, 4) is 5.75 Å². The zero-order valence-corrected chi connectivity index (χ0v) is 20.1. The molecule has 6 nitrogen and oxygen atoms in total. The second-order valence-electron chi connectivity index (χ2n) is 7.52. The van der Waals surface area contributed by atoms with E-state index in [1.165, 1.54) is 36.4 Å². The van der Waals surface area contributed by atoms with Crippen molar-refractivity contribution in [2.45, 2.75) is 12.7 Å². The van der Waals surface area contributed by atoms with E-state index in [0.29, 0.717) is 26.2 Å². The molecular weight excluding hydrogens is 505 g/mol. The number of rotatable bonds is 9. The zero-order chi connectivity index (χ0) is 25.6. The van der Waals surface area contributed by atoms with E-state index in [-0.39, 0.29) is 25.6 Å². The molecule has 0 unspecified atom stereocenters. The Morgan fingerprint density at radius 1 is 1.00 bits per heavy atom. The van der Waals surface area contributed by atoms with E-state index >= 15 is 0 Å². The lowest BCUT2D eigenvalue weighted by Gasteiger charge is -2.25. The highest BCUT2D eigenvalue weighted by atomic mass is 35.5. The molecule has 3 aromatic carbocycles. The first-order chi connectivity index (χ1) is 16.5. The monoisotopic (exact) mass is 526 g/mol. The van der Waals surface area contributed by atoms with Gasteiger partial charge >= 0.3 is 6.18 Å². The first kappa shape index (κ1) is 26.4. The zero-order valence-electron chi connectivity index (χ0n) is 18.5. The molecule has 0 aliphatic heterocycles. The molecule has 0 bridgehead atoms. The number of amides is 1. The van der Waals surface area contributed by atoms with Crippen molar-refractivity contribution in [3.63, 3.8) is 0 Å². The smallest absolute Gasteiger partial charge is 0.418 e. The molecular formula is C24H22ClF3N2O4S. The van der Waals surface area contributed by atoms with Crippen molar-refractivity contribution >= 4 is 33.2 Å². The highest BCUT2D eigenvalue weighted by molar-refractivity contribution is 7.92.